The summed E-state index contributed by atoms with van der Waals surface area (Å²) in [4.78, 5) is 38.7. The lowest BCUT2D eigenvalue weighted by atomic mass is 9.96. The van der Waals surface area contributed by atoms with Gasteiger partial charge in [0.2, 0.25) is 11.8 Å². The third-order valence-corrected chi connectivity index (χ3v) is 7.19. The van der Waals surface area contributed by atoms with Gasteiger partial charge in [-0.2, -0.15) is 0 Å². The number of ether oxygens (including phenoxy) is 1. The van der Waals surface area contributed by atoms with Crippen molar-refractivity contribution in [3.05, 3.63) is 0 Å². The third-order valence-electron chi connectivity index (χ3n) is 7.19. The van der Waals surface area contributed by atoms with Crippen LogP contribution in [0.15, 0.2) is 0 Å². The molecule has 7 nitrogen and oxygen atoms in total. The average Bonchev–Trinajstić information content (AvgIpc) is 2.84. The first-order chi connectivity index (χ1) is 16.9. The van der Waals surface area contributed by atoms with E-state index >= 15 is 0 Å². The third kappa shape index (κ3) is 16.6. The van der Waals surface area contributed by atoms with Crippen molar-refractivity contribution in [2.24, 2.45) is 0 Å². The maximum atomic E-state index is 11.9. The predicted octanol–water partition coefficient (Wildman–Crippen LogP) is 5.07. The number of piperidine rings is 1. The van der Waals surface area contributed by atoms with Gasteiger partial charge in [-0.3, -0.25) is 14.4 Å². The number of methoxy groups -OCH3 is 1. The van der Waals surface area contributed by atoms with Gasteiger partial charge in [-0.15, -0.1) is 0 Å². The summed E-state index contributed by atoms with van der Waals surface area (Å²) in [6.07, 6.45) is 18.8. The minimum absolute atomic E-state index is 0.0143. The van der Waals surface area contributed by atoms with Crippen molar-refractivity contribution in [3.63, 3.8) is 0 Å². The maximum Gasteiger partial charge on any atom is 0.305 e. The fraction of sp³-hybridized carbons (Fsp3) is 0.893. The second-order valence-electron chi connectivity index (χ2n) is 10.2. The molecular formula is C28H53N3O4. The van der Waals surface area contributed by atoms with Gasteiger partial charge >= 0.3 is 5.97 Å². The van der Waals surface area contributed by atoms with Gasteiger partial charge in [0.05, 0.1) is 7.11 Å². The zero-order valence-corrected chi connectivity index (χ0v) is 23.0. The van der Waals surface area contributed by atoms with E-state index in [1.165, 1.54) is 84.8 Å². The second-order valence-corrected chi connectivity index (χ2v) is 10.2. The van der Waals surface area contributed by atoms with Crippen molar-refractivity contribution >= 4 is 17.8 Å². The Morgan fingerprint density at radius 2 is 1.51 bits per heavy atom. The fourth-order valence-corrected chi connectivity index (χ4v) is 5.07. The minimum atomic E-state index is -0.0879. The Bertz CT molecular complexity index is 585. The van der Waals surface area contributed by atoms with Crippen LogP contribution in [0.3, 0.4) is 0 Å². The molecule has 0 aromatic carbocycles. The summed E-state index contributed by atoms with van der Waals surface area (Å²) in [6.45, 7) is 7.70. The Kier molecular flexibility index (Phi) is 18.4. The van der Waals surface area contributed by atoms with Gasteiger partial charge in [0.25, 0.3) is 0 Å². The number of hydrogen-bond acceptors (Lipinski definition) is 5. The second kappa shape index (κ2) is 20.6. The summed E-state index contributed by atoms with van der Waals surface area (Å²) in [6, 6.07) is 0.739. The number of hydrogen-bond donors (Lipinski definition) is 1. The highest BCUT2D eigenvalue weighted by Gasteiger charge is 2.21. The minimum Gasteiger partial charge on any atom is -0.469 e. The molecule has 1 N–H and O–H groups in total. The van der Waals surface area contributed by atoms with Gasteiger partial charge in [0, 0.05) is 45.9 Å². The fourth-order valence-electron chi connectivity index (χ4n) is 5.07. The van der Waals surface area contributed by atoms with E-state index in [4.69, 9.17) is 0 Å². The number of unbranched alkanes of at least 4 members (excludes halogenated alkanes) is 8. The van der Waals surface area contributed by atoms with Crippen LogP contribution in [0.5, 0.6) is 0 Å². The first-order valence-corrected chi connectivity index (χ1v) is 14.2. The molecule has 1 unspecified atom stereocenters. The lowest BCUT2D eigenvalue weighted by Gasteiger charge is -2.36. The molecule has 1 rings (SSSR count). The molecular weight excluding hydrogens is 442 g/mol. The first kappa shape index (κ1) is 31.4. The smallest absolute Gasteiger partial charge is 0.305 e. The van der Waals surface area contributed by atoms with Crippen LogP contribution >= 0.6 is 0 Å². The highest BCUT2D eigenvalue weighted by atomic mass is 16.5. The molecule has 0 radical (unpaired) electrons. The van der Waals surface area contributed by atoms with Gasteiger partial charge < -0.3 is 19.9 Å². The Morgan fingerprint density at radius 3 is 2.17 bits per heavy atom. The van der Waals surface area contributed by atoms with E-state index in [0.29, 0.717) is 13.0 Å². The summed E-state index contributed by atoms with van der Waals surface area (Å²) in [5, 5.41) is 2.80. The van der Waals surface area contributed by atoms with E-state index in [2.05, 4.69) is 15.0 Å². The normalized spacial score (nSPS) is 16.1. The zero-order chi connectivity index (χ0) is 25.7. The van der Waals surface area contributed by atoms with E-state index in [9.17, 15) is 14.4 Å². The number of nitrogens with zero attached hydrogens (tertiary/aromatic N) is 2. The Balaban J connectivity index is 2.12. The number of amides is 2. The Hall–Kier alpha value is -1.63. The van der Waals surface area contributed by atoms with Crippen LogP contribution in [-0.2, 0) is 19.1 Å². The van der Waals surface area contributed by atoms with E-state index in [0.717, 1.165) is 57.8 Å². The quantitative estimate of drug-likeness (QED) is 0.188. The highest BCUT2D eigenvalue weighted by molar-refractivity contribution is 5.73. The SMILES string of the molecule is COC(=O)CCCCCCCCCCC1CCCCN1CCCCN(CCCNC(C)=O)C(C)=O. The van der Waals surface area contributed by atoms with Gasteiger partial charge in [-0.1, -0.05) is 51.4 Å². The number of carbonyl (C=O) groups excluding carboxylic acids is 3. The van der Waals surface area contributed by atoms with Crippen LogP contribution in [-0.4, -0.2) is 73.5 Å². The van der Waals surface area contributed by atoms with Crippen molar-refractivity contribution in [2.45, 2.75) is 123 Å². The Labute approximate surface area is 214 Å². The van der Waals surface area contributed by atoms with Gasteiger partial charge in [-0.05, 0) is 58.0 Å². The molecule has 0 aromatic heterocycles. The van der Waals surface area contributed by atoms with Crippen molar-refractivity contribution in [1.82, 2.24) is 15.1 Å². The maximum absolute atomic E-state index is 11.9. The number of esters is 1. The van der Waals surface area contributed by atoms with Crippen LogP contribution in [0.1, 0.15) is 117 Å². The molecule has 1 aliphatic heterocycles. The number of nitrogens with one attached hydrogen (secondary N) is 1. The first-order valence-electron chi connectivity index (χ1n) is 14.2. The average molecular weight is 496 g/mol. The molecule has 0 spiro atoms. The number of carbonyl (C=O) groups is 3. The van der Waals surface area contributed by atoms with Gasteiger partial charge in [0.15, 0.2) is 0 Å². The molecule has 1 heterocycles. The topological polar surface area (TPSA) is 79.0 Å². The standard InChI is InChI=1S/C28H53N3O4/c1-25(32)29-20-16-24-30(26(2)33)21-14-15-23-31-22-13-12-18-27(31)17-10-8-6-4-5-7-9-11-19-28(34)35-3/h27H,4-24H2,1-3H3,(H,29,32). The predicted molar refractivity (Wildman–Crippen MR) is 142 cm³/mol. The van der Waals surface area contributed by atoms with E-state index in [1.54, 1.807) is 6.92 Å². The van der Waals surface area contributed by atoms with Crippen LogP contribution in [0.4, 0.5) is 0 Å². The van der Waals surface area contributed by atoms with Crippen LogP contribution in [0.25, 0.3) is 0 Å². The van der Waals surface area contributed by atoms with Crippen LogP contribution < -0.4 is 5.32 Å². The molecule has 0 bridgehead atoms. The molecule has 204 valence electrons. The van der Waals surface area contributed by atoms with Crippen molar-refractivity contribution in [1.29, 1.82) is 0 Å². The molecule has 35 heavy (non-hydrogen) atoms. The van der Waals surface area contributed by atoms with Crippen molar-refractivity contribution in [2.75, 3.05) is 39.8 Å². The van der Waals surface area contributed by atoms with Crippen LogP contribution in [0, 0.1) is 0 Å². The summed E-state index contributed by atoms with van der Waals surface area (Å²) in [5.41, 5.74) is 0. The largest absolute Gasteiger partial charge is 0.469 e. The number of rotatable bonds is 20. The molecule has 1 atom stereocenters. The van der Waals surface area contributed by atoms with Crippen molar-refractivity contribution < 1.29 is 19.1 Å². The zero-order valence-electron chi connectivity index (χ0n) is 23.0. The summed E-state index contributed by atoms with van der Waals surface area (Å²) < 4.78 is 4.68. The van der Waals surface area contributed by atoms with E-state index in [1.807, 2.05) is 4.90 Å². The molecule has 2 amide bonds. The van der Waals surface area contributed by atoms with Crippen LogP contribution in [0.2, 0.25) is 0 Å². The molecule has 7 heteroatoms. The summed E-state index contributed by atoms with van der Waals surface area (Å²) >= 11 is 0. The molecule has 1 saturated heterocycles. The molecule has 1 fully saturated rings. The lowest BCUT2D eigenvalue weighted by molar-refractivity contribution is -0.140. The summed E-state index contributed by atoms with van der Waals surface area (Å²) in [7, 11) is 1.46. The van der Waals surface area contributed by atoms with E-state index in [-0.39, 0.29) is 17.8 Å². The van der Waals surface area contributed by atoms with Crippen molar-refractivity contribution in [3.8, 4) is 0 Å². The Morgan fingerprint density at radius 1 is 0.857 bits per heavy atom. The molecule has 0 aliphatic carbocycles. The highest BCUT2D eigenvalue weighted by Crippen LogP contribution is 2.23. The monoisotopic (exact) mass is 495 g/mol. The molecule has 0 aromatic rings. The van der Waals surface area contributed by atoms with E-state index < -0.39 is 0 Å². The molecule has 1 aliphatic rings. The van der Waals surface area contributed by atoms with Gasteiger partial charge in [0.1, 0.15) is 0 Å². The lowest BCUT2D eigenvalue weighted by Crippen LogP contribution is -2.40. The molecule has 0 saturated carbocycles. The summed E-state index contributed by atoms with van der Waals surface area (Å²) in [5.74, 6) is 0.0272. The van der Waals surface area contributed by atoms with Gasteiger partial charge in [-0.25, -0.2) is 0 Å². The number of likely N-dealkylation sites (tertiary alicyclic amines) is 1.